The molecule has 1 saturated carbocycles. The molecule has 122 valence electrons. The quantitative estimate of drug-likeness (QED) is 0.772. The van der Waals surface area contributed by atoms with Crippen LogP contribution in [-0.2, 0) is 10.0 Å². The van der Waals surface area contributed by atoms with Gasteiger partial charge in [-0.3, -0.25) is 0 Å². The highest BCUT2D eigenvalue weighted by Crippen LogP contribution is 2.54. The van der Waals surface area contributed by atoms with Crippen LogP contribution in [0.5, 0.6) is 0 Å². The van der Waals surface area contributed by atoms with Gasteiger partial charge in [-0.1, -0.05) is 50.0 Å². The summed E-state index contributed by atoms with van der Waals surface area (Å²) >= 11 is 12.1. The predicted octanol–water partition coefficient (Wildman–Crippen LogP) is 4.58. The molecule has 2 bridgehead atoms. The van der Waals surface area contributed by atoms with Gasteiger partial charge in [0.25, 0.3) is 0 Å². The van der Waals surface area contributed by atoms with Gasteiger partial charge in [0.1, 0.15) is 4.90 Å². The van der Waals surface area contributed by atoms with Crippen LogP contribution in [0.2, 0.25) is 10.0 Å². The largest absolute Gasteiger partial charge is 0.244 e. The minimum atomic E-state index is -3.62. The number of benzene rings is 1. The first-order chi connectivity index (χ1) is 10.0. The first-order valence-corrected chi connectivity index (χ1v) is 9.70. The minimum absolute atomic E-state index is 0.0462. The van der Waals surface area contributed by atoms with E-state index in [0.717, 1.165) is 19.3 Å². The van der Waals surface area contributed by atoms with E-state index in [1.165, 1.54) is 0 Å². The highest BCUT2D eigenvalue weighted by Gasteiger charge is 2.53. The van der Waals surface area contributed by atoms with Crippen LogP contribution >= 0.6 is 23.2 Å². The summed E-state index contributed by atoms with van der Waals surface area (Å²) < 4.78 is 27.8. The number of hydrogen-bond donors (Lipinski definition) is 0. The summed E-state index contributed by atoms with van der Waals surface area (Å²) in [6.45, 7) is 7.20. The number of sulfonamides is 1. The van der Waals surface area contributed by atoms with Gasteiger partial charge in [0.05, 0.1) is 10.0 Å². The van der Waals surface area contributed by atoms with Crippen molar-refractivity contribution in [1.29, 1.82) is 0 Å². The Morgan fingerprint density at radius 3 is 2.55 bits per heavy atom. The third-order valence-electron chi connectivity index (χ3n) is 4.87. The van der Waals surface area contributed by atoms with E-state index in [4.69, 9.17) is 23.2 Å². The smallest absolute Gasteiger partial charge is 0.207 e. The van der Waals surface area contributed by atoms with Crippen molar-refractivity contribution in [3.63, 3.8) is 0 Å². The van der Waals surface area contributed by atoms with Gasteiger partial charge in [-0.05, 0) is 42.2 Å². The lowest BCUT2D eigenvalue weighted by Gasteiger charge is -2.39. The first-order valence-electron chi connectivity index (χ1n) is 7.50. The van der Waals surface area contributed by atoms with Gasteiger partial charge < -0.3 is 0 Å². The Bertz CT molecular complexity index is 717. The summed E-state index contributed by atoms with van der Waals surface area (Å²) in [5, 5.41) is 0.395. The summed E-state index contributed by atoms with van der Waals surface area (Å²) in [6.07, 6.45) is 2.86. The molecule has 2 atom stereocenters. The van der Waals surface area contributed by atoms with E-state index in [-0.39, 0.29) is 31.8 Å². The Balaban J connectivity index is 2.03. The number of nitrogens with zero attached hydrogens (tertiary/aromatic N) is 1. The Hall–Kier alpha value is -0.290. The molecule has 6 heteroatoms. The van der Waals surface area contributed by atoms with Crippen LogP contribution in [0, 0.1) is 10.8 Å². The molecule has 3 rings (SSSR count). The second-order valence-electron chi connectivity index (χ2n) is 7.82. The van der Waals surface area contributed by atoms with Crippen LogP contribution in [0.4, 0.5) is 0 Å². The SMILES string of the molecule is CC1(C)C[C@H]2C[C@@](C)(CN2S(=O)(=O)c2cccc(Cl)c2Cl)C1. The summed E-state index contributed by atoms with van der Waals surface area (Å²) in [5.74, 6) is 0. The summed E-state index contributed by atoms with van der Waals surface area (Å²) in [6, 6.07) is 4.83. The monoisotopic (exact) mass is 361 g/mol. The highest BCUT2D eigenvalue weighted by molar-refractivity contribution is 7.89. The molecule has 1 aliphatic heterocycles. The zero-order chi connectivity index (χ0) is 16.3. The summed E-state index contributed by atoms with van der Waals surface area (Å²) in [4.78, 5) is 0.121. The molecule has 0 amide bonds. The van der Waals surface area contributed by atoms with Crippen LogP contribution in [0.3, 0.4) is 0 Å². The molecule has 0 spiro atoms. The zero-order valence-corrected chi connectivity index (χ0v) is 15.4. The fourth-order valence-corrected chi connectivity index (χ4v) is 7.01. The van der Waals surface area contributed by atoms with Gasteiger partial charge >= 0.3 is 0 Å². The van der Waals surface area contributed by atoms with Crippen molar-refractivity contribution >= 4 is 33.2 Å². The van der Waals surface area contributed by atoms with Crippen LogP contribution in [0.15, 0.2) is 23.1 Å². The maximum absolute atomic E-state index is 13.1. The van der Waals surface area contributed by atoms with Crippen LogP contribution in [0.25, 0.3) is 0 Å². The molecule has 1 aromatic rings. The number of halogens is 2. The highest BCUT2D eigenvalue weighted by atomic mass is 35.5. The molecule has 1 aliphatic carbocycles. The van der Waals surface area contributed by atoms with Gasteiger partial charge in [0.15, 0.2) is 0 Å². The molecular formula is C16H21Cl2NO2S. The standard InChI is InChI=1S/C16H21Cl2NO2S/c1-15(2)7-11-8-16(3,9-15)10-19(11)22(20,21)13-6-4-5-12(17)14(13)18/h4-6,11H,7-10H2,1-3H3/t11-,16+/m0/s1. The van der Waals surface area contributed by atoms with Gasteiger partial charge in [-0.2, -0.15) is 4.31 Å². The van der Waals surface area contributed by atoms with E-state index < -0.39 is 10.0 Å². The molecule has 0 N–H and O–H groups in total. The van der Waals surface area contributed by atoms with Crippen molar-refractivity contribution in [2.45, 2.75) is 51.0 Å². The summed E-state index contributed by atoms with van der Waals surface area (Å²) in [7, 11) is -3.62. The van der Waals surface area contributed by atoms with Crippen molar-refractivity contribution in [3.8, 4) is 0 Å². The molecule has 2 fully saturated rings. The third kappa shape index (κ3) is 2.68. The van der Waals surface area contributed by atoms with Crippen LogP contribution < -0.4 is 0 Å². The Kier molecular flexibility index (Phi) is 3.84. The summed E-state index contributed by atoms with van der Waals surface area (Å²) in [5.41, 5.74) is 0.213. The molecule has 0 aromatic heterocycles. The van der Waals surface area contributed by atoms with Gasteiger partial charge in [-0.15, -0.1) is 0 Å². The van der Waals surface area contributed by atoms with E-state index in [0.29, 0.717) is 6.54 Å². The number of hydrogen-bond acceptors (Lipinski definition) is 2. The van der Waals surface area contributed by atoms with Gasteiger partial charge in [0, 0.05) is 12.6 Å². The molecule has 3 nitrogen and oxygen atoms in total. The molecule has 0 radical (unpaired) electrons. The van der Waals surface area contributed by atoms with Crippen LogP contribution in [-0.4, -0.2) is 25.3 Å². The molecule has 1 saturated heterocycles. The van der Waals surface area contributed by atoms with Gasteiger partial charge in [-0.25, -0.2) is 8.42 Å². The van der Waals surface area contributed by atoms with Crippen molar-refractivity contribution in [2.24, 2.45) is 10.8 Å². The zero-order valence-electron chi connectivity index (χ0n) is 13.1. The molecule has 0 unspecified atom stereocenters. The maximum atomic E-state index is 13.1. The van der Waals surface area contributed by atoms with E-state index in [2.05, 4.69) is 20.8 Å². The maximum Gasteiger partial charge on any atom is 0.244 e. The fourth-order valence-electron chi connectivity index (χ4n) is 4.50. The van der Waals surface area contributed by atoms with E-state index in [9.17, 15) is 8.42 Å². The van der Waals surface area contributed by atoms with Crippen molar-refractivity contribution < 1.29 is 8.42 Å². The van der Waals surface area contributed by atoms with E-state index in [1.54, 1.807) is 22.5 Å². The topological polar surface area (TPSA) is 37.4 Å². The Morgan fingerprint density at radius 1 is 1.18 bits per heavy atom. The van der Waals surface area contributed by atoms with Crippen molar-refractivity contribution in [1.82, 2.24) is 4.31 Å². The van der Waals surface area contributed by atoms with Crippen molar-refractivity contribution in [3.05, 3.63) is 28.2 Å². The average Bonchev–Trinajstić information content (AvgIpc) is 2.62. The van der Waals surface area contributed by atoms with Crippen molar-refractivity contribution in [2.75, 3.05) is 6.54 Å². The predicted molar refractivity (Wildman–Crippen MR) is 89.9 cm³/mol. The first kappa shape index (κ1) is 16.6. The Morgan fingerprint density at radius 2 is 1.86 bits per heavy atom. The Labute approximate surface area is 142 Å². The lowest BCUT2D eigenvalue weighted by Crippen LogP contribution is -2.37. The average molecular weight is 362 g/mol. The lowest BCUT2D eigenvalue weighted by atomic mass is 9.65. The molecule has 1 aromatic carbocycles. The van der Waals surface area contributed by atoms with E-state index in [1.807, 2.05) is 0 Å². The molecule has 1 heterocycles. The molecule has 22 heavy (non-hydrogen) atoms. The van der Waals surface area contributed by atoms with Crippen LogP contribution in [0.1, 0.15) is 40.0 Å². The second kappa shape index (κ2) is 5.10. The number of rotatable bonds is 2. The number of fused-ring (bicyclic) bond motifs is 2. The second-order valence-corrected chi connectivity index (χ2v) is 10.5. The van der Waals surface area contributed by atoms with Gasteiger partial charge in [0.2, 0.25) is 10.0 Å². The lowest BCUT2D eigenvalue weighted by molar-refractivity contribution is 0.133. The third-order valence-corrected chi connectivity index (χ3v) is 7.74. The normalized spacial score (nSPS) is 31.4. The molecular weight excluding hydrogens is 341 g/mol. The fraction of sp³-hybridized carbons (Fsp3) is 0.625. The van der Waals surface area contributed by atoms with E-state index >= 15 is 0 Å². The molecule has 2 aliphatic rings. The minimum Gasteiger partial charge on any atom is -0.207 e.